The predicted molar refractivity (Wildman–Crippen MR) is 54.7 cm³/mol. The van der Waals surface area contributed by atoms with Gasteiger partial charge < -0.3 is 15.8 Å². The molecule has 0 aromatic carbocycles. The number of hydrogen-bond acceptors (Lipinski definition) is 3. The summed E-state index contributed by atoms with van der Waals surface area (Å²) in [5.74, 6) is 0. The van der Waals surface area contributed by atoms with Crippen molar-refractivity contribution in [3.63, 3.8) is 0 Å². The molecule has 0 amide bonds. The van der Waals surface area contributed by atoms with Gasteiger partial charge in [-0.25, -0.2) is 0 Å². The lowest BCUT2D eigenvalue weighted by atomic mass is 9.93. The molecule has 78 valence electrons. The molecule has 0 aromatic heterocycles. The minimum absolute atomic E-state index is 0.0320. The minimum atomic E-state index is 0.0320. The summed E-state index contributed by atoms with van der Waals surface area (Å²) in [7, 11) is 0. The Bertz CT molecular complexity index is 159. The molecule has 0 aliphatic carbocycles. The molecule has 3 nitrogen and oxygen atoms in total. The Morgan fingerprint density at radius 2 is 2.31 bits per heavy atom. The standard InChI is InChI=1S/C10H22N2O/c1-8(7-11)12-9-4-5-13-10(2,3)6-9/h8-9,12H,4-7,11H2,1-3H3. The van der Waals surface area contributed by atoms with E-state index in [2.05, 4.69) is 26.1 Å². The van der Waals surface area contributed by atoms with E-state index in [0.29, 0.717) is 18.6 Å². The van der Waals surface area contributed by atoms with Crippen molar-refractivity contribution in [2.45, 2.75) is 51.3 Å². The average Bonchev–Trinajstić information content (AvgIpc) is 2.02. The fourth-order valence-electron chi connectivity index (χ4n) is 1.84. The van der Waals surface area contributed by atoms with Gasteiger partial charge in [-0.2, -0.15) is 0 Å². The van der Waals surface area contributed by atoms with E-state index in [1.54, 1.807) is 0 Å². The largest absolute Gasteiger partial charge is 0.375 e. The third kappa shape index (κ3) is 3.63. The van der Waals surface area contributed by atoms with Crippen LogP contribution < -0.4 is 11.1 Å². The smallest absolute Gasteiger partial charge is 0.0641 e. The molecule has 1 heterocycles. The number of hydrogen-bond donors (Lipinski definition) is 2. The Kier molecular flexibility index (Phi) is 3.71. The monoisotopic (exact) mass is 186 g/mol. The lowest BCUT2D eigenvalue weighted by Crippen LogP contribution is -2.48. The summed E-state index contributed by atoms with van der Waals surface area (Å²) in [6.07, 6.45) is 2.19. The van der Waals surface area contributed by atoms with Crippen molar-refractivity contribution in [3.8, 4) is 0 Å². The third-order valence-corrected chi connectivity index (χ3v) is 2.57. The summed E-state index contributed by atoms with van der Waals surface area (Å²) in [6, 6.07) is 0.987. The summed E-state index contributed by atoms with van der Waals surface area (Å²) in [4.78, 5) is 0. The highest BCUT2D eigenvalue weighted by molar-refractivity contribution is 4.84. The second kappa shape index (κ2) is 4.40. The van der Waals surface area contributed by atoms with Gasteiger partial charge in [-0.05, 0) is 33.6 Å². The SMILES string of the molecule is CC(CN)NC1CCOC(C)(C)C1. The molecule has 1 fully saturated rings. The second-order valence-corrected chi connectivity index (χ2v) is 4.60. The quantitative estimate of drug-likeness (QED) is 0.688. The van der Waals surface area contributed by atoms with Gasteiger partial charge >= 0.3 is 0 Å². The topological polar surface area (TPSA) is 47.3 Å². The molecule has 3 N–H and O–H groups in total. The van der Waals surface area contributed by atoms with Crippen molar-refractivity contribution >= 4 is 0 Å². The fraction of sp³-hybridized carbons (Fsp3) is 1.00. The van der Waals surface area contributed by atoms with E-state index in [-0.39, 0.29) is 5.60 Å². The molecular formula is C10H22N2O. The van der Waals surface area contributed by atoms with Crippen LogP contribution in [-0.2, 0) is 4.74 Å². The Balaban J connectivity index is 2.34. The third-order valence-electron chi connectivity index (χ3n) is 2.57. The molecule has 0 saturated carbocycles. The average molecular weight is 186 g/mol. The van der Waals surface area contributed by atoms with Crippen LogP contribution in [-0.4, -0.2) is 30.8 Å². The molecule has 0 aromatic rings. The predicted octanol–water partition coefficient (Wildman–Crippen LogP) is 0.881. The first-order valence-corrected chi connectivity index (χ1v) is 5.13. The summed E-state index contributed by atoms with van der Waals surface area (Å²) >= 11 is 0. The van der Waals surface area contributed by atoms with Crippen LogP contribution in [0.25, 0.3) is 0 Å². The molecule has 1 aliphatic rings. The Labute approximate surface area is 81.0 Å². The van der Waals surface area contributed by atoms with Crippen LogP contribution in [0.5, 0.6) is 0 Å². The molecule has 2 atom stereocenters. The number of rotatable bonds is 3. The molecule has 3 heteroatoms. The van der Waals surface area contributed by atoms with Crippen molar-refractivity contribution < 1.29 is 4.74 Å². The second-order valence-electron chi connectivity index (χ2n) is 4.60. The summed E-state index contributed by atoms with van der Waals surface area (Å²) in [5.41, 5.74) is 5.60. The van der Waals surface area contributed by atoms with E-state index >= 15 is 0 Å². The van der Waals surface area contributed by atoms with Gasteiger partial charge in [0.15, 0.2) is 0 Å². The number of nitrogens with two attached hydrogens (primary N) is 1. The van der Waals surface area contributed by atoms with Crippen LogP contribution in [0.3, 0.4) is 0 Å². The van der Waals surface area contributed by atoms with E-state index < -0.39 is 0 Å². The zero-order valence-electron chi connectivity index (χ0n) is 8.97. The first kappa shape index (κ1) is 11.0. The minimum Gasteiger partial charge on any atom is -0.375 e. The molecule has 1 rings (SSSR count). The van der Waals surface area contributed by atoms with Gasteiger partial charge in [-0.1, -0.05) is 0 Å². The maximum absolute atomic E-state index is 5.64. The van der Waals surface area contributed by atoms with E-state index in [4.69, 9.17) is 10.5 Å². The van der Waals surface area contributed by atoms with Crippen LogP contribution in [0.4, 0.5) is 0 Å². The normalized spacial score (nSPS) is 30.0. The molecular weight excluding hydrogens is 164 g/mol. The first-order valence-electron chi connectivity index (χ1n) is 5.13. The van der Waals surface area contributed by atoms with E-state index in [0.717, 1.165) is 19.4 Å². The molecule has 1 aliphatic heterocycles. The maximum atomic E-state index is 5.64. The van der Waals surface area contributed by atoms with E-state index in [1.165, 1.54) is 0 Å². The van der Waals surface area contributed by atoms with Crippen LogP contribution >= 0.6 is 0 Å². The van der Waals surface area contributed by atoms with Gasteiger partial charge in [0.2, 0.25) is 0 Å². The molecule has 13 heavy (non-hydrogen) atoms. The maximum Gasteiger partial charge on any atom is 0.0641 e. The lowest BCUT2D eigenvalue weighted by molar-refractivity contribution is -0.0638. The number of nitrogens with one attached hydrogen (secondary N) is 1. The molecule has 0 radical (unpaired) electrons. The zero-order chi connectivity index (χ0) is 9.90. The molecule has 0 bridgehead atoms. The highest BCUT2D eigenvalue weighted by Gasteiger charge is 2.28. The van der Waals surface area contributed by atoms with Gasteiger partial charge in [0.1, 0.15) is 0 Å². The van der Waals surface area contributed by atoms with Crippen molar-refractivity contribution in [2.24, 2.45) is 5.73 Å². The fourth-order valence-corrected chi connectivity index (χ4v) is 1.84. The Morgan fingerprint density at radius 3 is 2.85 bits per heavy atom. The zero-order valence-corrected chi connectivity index (χ0v) is 8.97. The van der Waals surface area contributed by atoms with Gasteiger partial charge in [-0.15, -0.1) is 0 Å². The highest BCUT2D eigenvalue weighted by atomic mass is 16.5. The van der Waals surface area contributed by atoms with Crippen molar-refractivity contribution in [1.29, 1.82) is 0 Å². The highest BCUT2D eigenvalue weighted by Crippen LogP contribution is 2.23. The van der Waals surface area contributed by atoms with Crippen LogP contribution in [0.2, 0.25) is 0 Å². The van der Waals surface area contributed by atoms with E-state index in [9.17, 15) is 0 Å². The summed E-state index contributed by atoms with van der Waals surface area (Å²) in [6.45, 7) is 7.99. The molecule has 2 unspecified atom stereocenters. The van der Waals surface area contributed by atoms with Crippen molar-refractivity contribution in [1.82, 2.24) is 5.32 Å². The Morgan fingerprint density at radius 1 is 1.62 bits per heavy atom. The van der Waals surface area contributed by atoms with Crippen molar-refractivity contribution in [2.75, 3.05) is 13.2 Å². The van der Waals surface area contributed by atoms with Crippen LogP contribution in [0.1, 0.15) is 33.6 Å². The van der Waals surface area contributed by atoms with Gasteiger partial charge in [0.05, 0.1) is 5.60 Å². The van der Waals surface area contributed by atoms with Gasteiger partial charge in [0, 0.05) is 25.2 Å². The number of ether oxygens (including phenoxy) is 1. The van der Waals surface area contributed by atoms with Gasteiger partial charge in [0.25, 0.3) is 0 Å². The summed E-state index contributed by atoms with van der Waals surface area (Å²) < 4.78 is 5.64. The Hall–Kier alpha value is -0.120. The lowest BCUT2D eigenvalue weighted by Gasteiger charge is -2.37. The van der Waals surface area contributed by atoms with Crippen LogP contribution in [0.15, 0.2) is 0 Å². The van der Waals surface area contributed by atoms with Crippen LogP contribution in [0, 0.1) is 0 Å². The molecule has 0 spiro atoms. The van der Waals surface area contributed by atoms with Gasteiger partial charge in [-0.3, -0.25) is 0 Å². The summed E-state index contributed by atoms with van der Waals surface area (Å²) in [5, 5.41) is 3.52. The molecule has 1 saturated heterocycles. The first-order chi connectivity index (χ1) is 6.03. The van der Waals surface area contributed by atoms with Crippen molar-refractivity contribution in [3.05, 3.63) is 0 Å². The van der Waals surface area contributed by atoms with E-state index in [1.807, 2.05) is 0 Å².